The lowest BCUT2D eigenvalue weighted by Gasteiger charge is -2.23. The van der Waals surface area contributed by atoms with E-state index in [1.165, 1.54) is 18.2 Å². The number of fused-ring (bicyclic) bond motifs is 1. The van der Waals surface area contributed by atoms with Gasteiger partial charge in [-0.1, -0.05) is 29.8 Å². The van der Waals surface area contributed by atoms with E-state index in [0.717, 1.165) is 11.0 Å². The molecule has 0 aliphatic carbocycles. The molecule has 0 spiro atoms. The molecule has 0 aliphatic rings. The number of amides is 1. The number of benzene rings is 2. The summed E-state index contributed by atoms with van der Waals surface area (Å²) in [5.41, 5.74) is 0.780. The number of carbonyl (C=O) groups is 1. The summed E-state index contributed by atoms with van der Waals surface area (Å²) in [6.45, 7) is 1.70. The van der Waals surface area contributed by atoms with Gasteiger partial charge >= 0.3 is 0 Å². The molecule has 0 unspecified atom stereocenters. The number of ether oxygens (including phenoxy) is 1. The average molecular weight is 362 g/mol. The maximum absolute atomic E-state index is 13.1. The van der Waals surface area contributed by atoms with Gasteiger partial charge in [-0.15, -0.1) is 0 Å². The molecule has 1 amide bonds. The van der Waals surface area contributed by atoms with Gasteiger partial charge in [0.25, 0.3) is 5.91 Å². The minimum absolute atomic E-state index is 0.0473. The third kappa shape index (κ3) is 3.77. The molecule has 0 saturated carbocycles. The Bertz CT molecular complexity index is 876. The Balaban J connectivity index is 1.65. The lowest BCUT2D eigenvalue weighted by molar-refractivity contribution is -0.134. The van der Waals surface area contributed by atoms with E-state index in [9.17, 15) is 9.18 Å². The first kappa shape index (κ1) is 17.3. The van der Waals surface area contributed by atoms with E-state index in [4.69, 9.17) is 20.8 Å². The van der Waals surface area contributed by atoms with Crippen molar-refractivity contribution in [3.8, 4) is 5.75 Å². The Morgan fingerprint density at radius 1 is 1.28 bits per heavy atom. The van der Waals surface area contributed by atoms with Crippen molar-refractivity contribution in [2.24, 2.45) is 0 Å². The van der Waals surface area contributed by atoms with Crippen LogP contribution in [0.2, 0.25) is 5.02 Å². The van der Waals surface area contributed by atoms with Gasteiger partial charge in [-0.25, -0.2) is 4.39 Å². The number of para-hydroxylation sites is 1. The quantitative estimate of drug-likeness (QED) is 0.654. The number of hydrogen-bond acceptors (Lipinski definition) is 3. The molecule has 4 nitrogen and oxygen atoms in total. The number of rotatable bonds is 5. The maximum atomic E-state index is 13.1. The van der Waals surface area contributed by atoms with E-state index in [0.29, 0.717) is 11.5 Å². The molecular formula is C19H17ClFNO3. The van der Waals surface area contributed by atoms with E-state index < -0.39 is 5.82 Å². The first-order chi connectivity index (χ1) is 12.0. The molecule has 3 aromatic rings. The minimum Gasteiger partial charge on any atom is -0.484 e. The standard InChI is InChI=1S/C19H17ClFNO3/c1-12(18-9-13-5-3-4-6-17(13)25-18)22(2)19(23)11-24-14-7-8-16(21)15(20)10-14/h3-10,12H,11H2,1-2H3/t12-/m1/s1. The van der Waals surface area contributed by atoms with E-state index in [1.807, 2.05) is 37.3 Å². The molecular weight excluding hydrogens is 345 g/mol. The summed E-state index contributed by atoms with van der Waals surface area (Å²) in [7, 11) is 1.68. The molecule has 0 saturated heterocycles. The first-order valence-electron chi connectivity index (χ1n) is 7.77. The molecule has 2 aromatic carbocycles. The average Bonchev–Trinajstić information content (AvgIpc) is 3.05. The fourth-order valence-electron chi connectivity index (χ4n) is 2.43. The van der Waals surface area contributed by atoms with Gasteiger partial charge in [-0.2, -0.15) is 0 Å². The van der Waals surface area contributed by atoms with Crippen LogP contribution in [0.15, 0.2) is 52.9 Å². The van der Waals surface area contributed by atoms with Gasteiger partial charge in [-0.05, 0) is 31.2 Å². The van der Waals surface area contributed by atoms with Crippen molar-refractivity contribution in [1.29, 1.82) is 0 Å². The predicted molar refractivity (Wildman–Crippen MR) is 94.3 cm³/mol. The highest BCUT2D eigenvalue weighted by molar-refractivity contribution is 6.30. The fraction of sp³-hybridized carbons (Fsp3) is 0.211. The zero-order valence-corrected chi connectivity index (χ0v) is 14.6. The van der Waals surface area contributed by atoms with Gasteiger partial charge in [0.2, 0.25) is 0 Å². The second-order valence-electron chi connectivity index (χ2n) is 5.73. The van der Waals surface area contributed by atoms with Crippen LogP contribution >= 0.6 is 11.6 Å². The smallest absolute Gasteiger partial charge is 0.260 e. The second-order valence-corrected chi connectivity index (χ2v) is 6.14. The molecule has 0 bridgehead atoms. The summed E-state index contributed by atoms with van der Waals surface area (Å²) in [4.78, 5) is 13.9. The maximum Gasteiger partial charge on any atom is 0.260 e. The Morgan fingerprint density at radius 2 is 2.04 bits per heavy atom. The highest BCUT2D eigenvalue weighted by Gasteiger charge is 2.21. The van der Waals surface area contributed by atoms with Crippen LogP contribution in [0.1, 0.15) is 18.7 Å². The number of furan rings is 1. The zero-order valence-electron chi connectivity index (χ0n) is 13.8. The molecule has 6 heteroatoms. The number of halogens is 2. The van der Waals surface area contributed by atoms with Crippen LogP contribution in [0.5, 0.6) is 5.75 Å². The van der Waals surface area contributed by atoms with Crippen LogP contribution < -0.4 is 4.74 Å². The van der Waals surface area contributed by atoms with Crippen LogP contribution in [-0.2, 0) is 4.79 Å². The number of likely N-dealkylation sites (N-methyl/N-ethyl adjacent to an activating group) is 1. The molecule has 0 N–H and O–H groups in total. The van der Waals surface area contributed by atoms with Gasteiger partial charge in [0.1, 0.15) is 22.9 Å². The van der Waals surface area contributed by atoms with Crippen molar-refractivity contribution >= 4 is 28.5 Å². The molecule has 1 heterocycles. The molecule has 0 radical (unpaired) electrons. The summed E-state index contributed by atoms with van der Waals surface area (Å²) in [5, 5.41) is 0.941. The largest absolute Gasteiger partial charge is 0.484 e. The van der Waals surface area contributed by atoms with E-state index >= 15 is 0 Å². The first-order valence-corrected chi connectivity index (χ1v) is 8.15. The molecule has 1 aromatic heterocycles. The SMILES string of the molecule is C[C@H](c1cc2ccccc2o1)N(C)C(=O)COc1ccc(F)c(Cl)c1. The van der Waals surface area contributed by atoms with E-state index in [1.54, 1.807) is 11.9 Å². The Hall–Kier alpha value is -2.53. The number of carbonyl (C=O) groups excluding carboxylic acids is 1. The van der Waals surface area contributed by atoms with Crippen molar-refractivity contribution < 1.29 is 18.3 Å². The van der Waals surface area contributed by atoms with Crippen LogP contribution in [0.25, 0.3) is 11.0 Å². The predicted octanol–water partition coefficient (Wildman–Crippen LogP) is 4.82. The highest BCUT2D eigenvalue weighted by Crippen LogP contribution is 2.27. The molecule has 1 atom stereocenters. The molecule has 25 heavy (non-hydrogen) atoms. The van der Waals surface area contributed by atoms with Crippen LogP contribution in [-0.4, -0.2) is 24.5 Å². The van der Waals surface area contributed by atoms with E-state index in [2.05, 4.69) is 0 Å². The summed E-state index contributed by atoms with van der Waals surface area (Å²) in [5.74, 6) is 0.274. The fourth-order valence-corrected chi connectivity index (χ4v) is 2.60. The minimum atomic E-state index is -0.532. The lowest BCUT2D eigenvalue weighted by atomic mass is 10.2. The van der Waals surface area contributed by atoms with Crippen molar-refractivity contribution in [3.05, 3.63) is 65.1 Å². The summed E-state index contributed by atoms with van der Waals surface area (Å²) in [6.07, 6.45) is 0. The third-order valence-corrected chi connectivity index (χ3v) is 4.37. The third-order valence-electron chi connectivity index (χ3n) is 4.08. The number of nitrogens with zero attached hydrogens (tertiary/aromatic N) is 1. The van der Waals surface area contributed by atoms with Crippen molar-refractivity contribution in [3.63, 3.8) is 0 Å². The summed E-state index contributed by atoms with van der Waals surface area (Å²) in [6, 6.07) is 13.3. The highest BCUT2D eigenvalue weighted by atomic mass is 35.5. The Morgan fingerprint density at radius 3 is 2.76 bits per heavy atom. The molecule has 3 rings (SSSR count). The number of hydrogen-bond donors (Lipinski definition) is 0. The molecule has 0 fully saturated rings. The molecule has 0 aliphatic heterocycles. The van der Waals surface area contributed by atoms with Crippen molar-refractivity contribution in [2.45, 2.75) is 13.0 Å². The van der Waals surface area contributed by atoms with Gasteiger partial charge in [0.15, 0.2) is 6.61 Å². The summed E-state index contributed by atoms with van der Waals surface area (Å²) >= 11 is 5.70. The van der Waals surface area contributed by atoms with Gasteiger partial charge in [0.05, 0.1) is 11.1 Å². The van der Waals surface area contributed by atoms with Crippen LogP contribution in [0.4, 0.5) is 4.39 Å². The Labute approximate surface area is 149 Å². The van der Waals surface area contributed by atoms with Gasteiger partial charge in [-0.3, -0.25) is 4.79 Å². The second kappa shape index (κ2) is 7.15. The van der Waals surface area contributed by atoms with Crippen LogP contribution in [0, 0.1) is 5.82 Å². The normalized spacial score (nSPS) is 12.2. The monoisotopic (exact) mass is 361 g/mol. The zero-order chi connectivity index (χ0) is 18.0. The van der Waals surface area contributed by atoms with Gasteiger partial charge < -0.3 is 14.1 Å². The van der Waals surface area contributed by atoms with Crippen LogP contribution in [0.3, 0.4) is 0 Å². The molecule has 130 valence electrons. The Kier molecular flexibility index (Phi) is 4.95. The van der Waals surface area contributed by atoms with E-state index in [-0.39, 0.29) is 23.6 Å². The lowest BCUT2D eigenvalue weighted by Crippen LogP contribution is -2.33. The topological polar surface area (TPSA) is 42.7 Å². The van der Waals surface area contributed by atoms with Crippen molar-refractivity contribution in [2.75, 3.05) is 13.7 Å². The van der Waals surface area contributed by atoms with Crippen molar-refractivity contribution in [1.82, 2.24) is 4.90 Å². The van der Waals surface area contributed by atoms with Gasteiger partial charge in [0, 0.05) is 18.5 Å². The summed E-state index contributed by atoms with van der Waals surface area (Å²) < 4.78 is 24.3.